The average Bonchev–Trinajstić information content (AvgIpc) is 3.94. The van der Waals surface area contributed by atoms with E-state index in [9.17, 15) is 0 Å². The van der Waals surface area contributed by atoms with Crippen molar-refractivity contribution in [3.63, 3.8) is 0 Å². The first-order valence-electron chi connectivity index (χ1n) is 24.6. The molecule has 0 aliphatic heterocycles. The molecule has 0 fully saturated rings. The van der Waals surface area contributed by atoms with E-state index in [1.54, 1.807) is 0 Å². The molecule has 13 aromatic rings. The highest BCUT2D eigenvalue weighted by atomic mass is 15.1. The molecule has 0 amide bonds. The molecule has 71 heavy (non-hydrogen) atoms. The summed E-state index contributed by atoms with van der Waals surface area (Å²) in [6.07, 6.45) is 0. The number of rotatable bonds is 8. The van der Waals surface area contributed by atoms with Gasteiger partial charge in [-0.3, -0.25) is 0 Å². The van der Waals surface area contributed by atoms with Crippen molar-refractivity contribution in [1.29, 1.82) is 0 Å². The minimum atomic E-state index is -0.460. The van der Waals surface area contributed by atoms with Gasteiger partial charge in [0.05, 0.1) is 27.8 Å². The number of benzene rings is 12. The zero-order valence-electron chi connectivity index (χ0n) is 39.0. The third-order valence-corrected chi connectivity index (χ3v) is 15.0. The average molecular weight is 903 g/mol. The van der Waals surface area contributed by atoms with Crippen LogP contribution in [0.15, 0.2) is 279 Å². The molecule has 1 aliphatic rings. The highest BCUT2D eigenvalue weighted by molar-refractivity contribution is 6.11. The summed E-state index contributed by atoms with van der Waals surface area (Å²) in [4.78, 5) is 2.46. The van der Waals surface area contributed by atoms with Crippen LogP contribution in [-0.4, -0.2) is 4.57 Å². The van der Waals surface area contributed by atoms with Crippen LogP contribution in [0.2, 0.25) is 0 Å². The molecular formula is C69H46N2. The summed E-state index contributed by atoms with van der Waals surface area (Å²) in [7, 11) is 0. The molecule has 1 aliphatic carbocycles. The van der Waals surface area contributed by atoms with E-state index >= 15 is 0 Å². The standard InChI is InChI=1S/C69H46N2/c1-3-24-51(25-4-1)69(52-26-5-2-6-27-52)63-34-16-13-31-58(63)62-46-54(41-43-64(62)69)71-67-36-18-15-33-60(67)61-42-39-50(45-68(61)71)55-28-11-12-30-57(55)59-32-14-17-35-66(59)70(53-40-38-47-20-7-8-22-49(47)44-53)65-37-19-23-48-21-9-10-29-56(48)65/h1-46H. The third-order valence-electron chi connectivity index (χ3n) is 15.0. The maximum absolute atomic E-state index is 2.49. The van der Waals surface area contributed by atoms with Gasteiger partial charge >= 0.3 is 0 Å². The van der Waals surface area contributed by atoms with Crippen molar-refractivity contribution in [2.75, 3.05) is 4.90 Å². The summed E-state index contributed by atoms with van der Waals surface area (Å²) in [5.74, 6) is 0. The van der Waals surface area contributed by atoms with Gasteiger partial charge in [0.25, 0.3) is 0 Å². The third kappa shape index (κ3) is 6.35. The molecule has 332 valence electrons. The summed E-state index contributed by atoms with van der Waals surface area (Å²) < 4.78 is 2.49. The first kappa shape index (κ1) is 40.8. The molecule has 1 heterocycles. The van der Waals surface area contributed by atoms with E-state index in [-0.39, 0.29) is 0 Å². The van der Waals surface area contributed by atoms with Crippen LogP contribution in [0.4, 0.5) is 17.1 Å². The van der Waals surface area contributed by atoms with Crippen LogP contribution in [0.1, 0.15) is 22.3 Å². The number of aromatic nitrogens is 1. The van der Waals surface area contributed by atoms with Gasteiger partial charge in [-0.05, 0) is 115 Å². The monoisotopic (exact) mass is 902 g/mol. The van der Waals surface area contributed by atoms with Crippen LogP contribution in [-0.2, 0) is 5.41 Å². The van der Waals surface area contributed by atoms with Gasteiger partial charge in [0.2, 0.25) is 0 Å². The molecule has 0 unspecified atom stereocenters. The second kappa shape index (κ2) is 16.5. The zero-order valence-corrected chi connectivity index (χ0v) is 39.0. The lowest BCUT2D eigenvalue weighted by atomic mass is 9.68. The predicted octanol–water partition coefficient (Wildman–Crippen LogP) is 18.3. The van der Waals surface area contributed by atoms with Crippen molar-refractivity contribution in [1.82, 2.24) is 4.57 Å². The Kier molecular flexibility index (Phi) is 9.47. The molecule has 0 N–H and O–H groups in total. The SMILES string of the molecule is c1ccc(C2(c3ccccc3)c3ccccc3-c3cc(-n4c5ccccc5c5ccc(-c6ccccc6-c6ccccc6N(c6ccc7ccccc7c6)c6cccc7ccccc67)cc54)ccc32)cc1. The zero-order chi connectivity index (χ0) is 46.9. The van der Waals surface area contributed by atoms with Crippen molar-refractivity contribution in [3.05, 3.63) is 301 Å². The molecule has 0 saturated carbocycles. The summed E-state index contributed by atoms with van der Waals surface area (Å²) in [6, 6.07) is 103. The van der Waals surface area contributed by atoms with E-state index < -0.39 is 5.41 Å². The maximum Gasteiger partial charge on any atom is 0.0713 e. The van der Waals surface area contributed by atoms with Crippen molar-refractivity contribution in [2.24, 2.45) is 0 Å². The van der Waals surface area contributed by atoms with Gasteiger partial charge in [-0.25, -0.2) is 0 Å². The van der Waals surface area contributed by atoms with Crippen molar-refractivity contribution >= 4 is 60.4 Å². The van der Waals surface area contributed by atoms with Crippen LogP contribution < -0.4 is 4.90 Å². The van der Waals surface area contributed by atoms with Crippen molar-refractivity contribution in [3.8, 4) is 39.1 Å². The Hall–Kier alpha value is -9.24. The number of nitrogens with zero attached hydrogens (tertiary/aromatic N) is 2. The van der Waals surface area contributed by atoms with E-state index in [4.69, 9.17) is 0 Å². The Morgan fingerprint density at radius 2 is 0.873 bits per heavy atom. The molecule has 0 saturated heterocycles. The minimum Gasteiger partial charge on any atom is -0.309 e. The van der Waals surface area contributed by atoms with Gasteiger partial charge in [0, 0.05) is 33.1 Å². The molecule has 14 rings (SSSR count). The number of para-hydroxylation sites is 2. The maximum atomic E-state index is 2.49. The van der Waals surface area contributed by atoms with Crippen molar-refractivity contribution < 1.29 is 0 Å². The molecule has 0 radical (unpaired) electrons. The Balaban J connectivity index is 0.960. The normalized spacial score (nSPS) is 12.6. The van der Waals surface area contributed by atoms with E-state index in [1.807, 2.05) is 0 Å². The molecule has 1 aromatic heterocycles. The summed E-state index contributed by atoms with van der Waals surface area (Å²) in [5.41, 5.74) is 18.7. The number of hydrogen-bond acceptors (Lipinski definition) is 1. The fourth-order valence-corrected chi connectivity index (χ4v) is 12.0. The smallest absolute Gasteiger partial charge is 0.0713 e. The lowest BCUT2D eigenvalue weighted by molar-refractivity contribution is 0.768. The number of hydrogen-bond donors (Lipinski definition) is 0. The van der Waals surface area contributed by atoms with Gasteiger partial charge in [-0.1, -0.05) is 231 Å². The van der Waals surface area contributed by atoms with Gasteiger partial charge < -0.3 is 9.47 Å². The minimum absolute atomic E-state index is 0.460. The molecule has 0 bridgehead atoms. The molecule has 0 spiro atoms. The quantitative estimate of drug-likeness (QED) is 0.147. The number of anilines is 3. The van der Waals surface area contributed by atoms with Gasteiger partial charge in [-0.2, -0.15) is 0 Å². The lowest BCUT2D eigenvalue weighted by Crippen LogP contribution is -2.28. The predicted molar refractivity (Wildman–Crippen MR) is 299 cm³/mol. The molecular weight excluding hydrogens is 857 g/mol. The fraction of sp³-hybridized carbons (Fsp3) is 0.0145. The highest BCUT2D eigenvalue weighted by Crippen LogP contribution is 2.57. The van der Waals surface area contributed by atoms with E-state index in [0.29, 0.717) is 0 Å². The van der Waals surface area contributed by atoms with Gasteiger partial charge in [0.15, 0.2) is 0 Å². The number of fused-ring (bicyclic) bond motifs is 8. The Morgan fingerprint density at radius 3 is 1.68 bits per heavy atom. The summed E-state index contributed by atoms with van der Waals surface area (Å²) in [6.45, 7) is 0. The van der Waals surface area contributed by atoms with Crippen LogP contribution >= 0.6 is 0 Å². The highest BCUT2D eigenvalue weighted by Gasteiger charge is 2.46. The summed E-state index contributed by atoms with van der Waals surface area (Å²) in [5, 5.41) is 7.29. The molecule has 12 aromatic carbocycles. The second-order valence-corrected chi connectivity index (χ2v) is 18.8. The Morgan fingerprint density at radius 1 is 0.296 bits per heavy atom. The van der Waals surface area contributed by atoms with Crippen LogP contribution in [0, 0.1) is 0 Å². The van der Waals surface area contributed by atoms with E-state index in [2.05, 4.69) is 289 Å². The topological polar surface area (TPSA) is 8.17 Å². The van der Waals surface area contributed by atoms with Crippen LogP contribution in [0.3, 0.4) is 0 Å². The molecule has 2 nitrogen and oxygen atoms in total. The Labute approximate surface area is 413 Å². The fourth-order valence-electron chi connectivity index (χ4n) is 12.0. The first-order valence-corrected chi connectivity index (χ1v) is 24.6. The van der Waals surface area contributed by atoms with Crippen LogP contribution in [0.5, 0.6) is 0 Å². The van der Waals surface area contributed by atoms with E-state index in [0.717, 1.165) is 33.9 Å². The van der Waals surface area contributed by atoms with Gasteiger partial charge in [0.1, 0.15) is 0 Å². The van der Waals surface area contributed by atoms with Gasteiger partial charge in [-0.15, -0.1) is 0 Å². The van der Waals surface area contributed by atoms with Crippen LogP contribution in [0.25, 0.3) is 82.4 Å². The molecule has 0 atom stereocenters. The Bertz CT molecular complexity index is 4140. The summed E-state index contributed by atoms with van der Waals surface area (Å²) >= 11 is 0. The second-order valence-electron chi connectivity index (χ2n) is 18.8. The largest absolute Gasteiger partial charge is 0.309 e. The lowest BCUT2D eigenvalue weighted by Gasteiger charge is -2.33. The molecule has 2 heteroatoms. The first-order chi connectivity index (χ1) is 35.2. The van der Waals surface area contributed by atoms with E-state index in [1.165, 1.54) is 87.9 Å². The van der Waals surface area contributed by atoms with Crippen molar-refractivity contribution in [2.45, 2.75) is 5.41 Å².